The largest absolute Gasteiger partial charge is 0.409 e. The minimum absolute atomic E-state index is 0.292. The van der Waals surface area contributed by atoms with Gasteiger partial charge in [-0.1, -0.05) is 39.8 Å². The smallest absolute Gasteiger partial charge is 0.140 e. The zero-order chi connectivity index (χ0) is 12.8. The molecule has 0 aromatic carbocycles. The average Bonchev–Trinajstić information content (AvgIpc) is 2.21. The molecule has 2 unspecified atom stereocenters. The van der Waals surface area contributed by atoms with Crippen LogP contribution in [0.3, 0.4) is 0 Å². The monoisotopic (exact) mass is 229 g/mol. The van der Waals surface area contributed by atoms with Crippen molar-refractivity contribution in [3.05, 3.63) is 0 Å². The molecule has 0 aromatic rings. The van der Waals surface area contributed by atoms with E-state index in [9.17, 15) is 0 Å². The zero-order valence-electron chi connectivity index (χ0n) is 11.2. The van der Waals surface area contributed by atoms with Crippen molar-refractivity contribution in [3.63, 3.8) is 0 Å². The van der Waals surface area contributed by atoms with Crippen LogP contribution in [0.4, 0.5) is 0 Å². The Labute approximate surface area is 99.3 Å². The summed E-state index contributed by atoms with van der Waals surface area (Å²) in [5.74, 6) is 0.886. The highest BCUT2D eigenvalue weighted by Gasteiger charge is 2.20. The molecule has 0 spiro atoms. The molecule has 4 nitrogen and oxygen atoms in total. The molecule has 16 heavy (non-hydrogen) atoms. The molecule has 0 saturated carbocycles. The molecule has 0 aliphatic rings. The van der Waals surface area contributed by atoms with Gasteiger partial charge in [-0.2, -0.15) is 0 Å². The summed E-state index contributed by atoms with van der Waals surface area (Å²) in [7, 11) is 0. The summed E-state index contributed by atoms with van der Waals surface area (Å²) in [6, 6.07) is 0.292. The first kappa shape index (κ1) is 15.2. The van der Waals surface area contributed by atoms with Crippen molar-refractivity contribution in [2.45, 2.75) is 53.5 Å². The van der Waals surface area contributed by atoms with Crippen LogP contribution in [0.5, 0.6) is 0 Å². The predicted octanol–water partition coefficient (Wildman–Crippen LogP) is 2.17. The molecule has 0 radical (unpaired) electrons. The first-order chi connectivity index (χ1) is 7.31. The minimum atomic E-state index is 0.292. The van der Waals surface area contributed by atoms with Gasteiger partial charge >= 0.3 is 0 Å². The van der Waals surface area contributed by atoms with Gasteiger partial charge in [0.15, 0.2) is 0 Å². The molecule has 2 atom stereocenters. The van der Waals surface area contributed by atoms with Gasteiger partial charge in [-0.15, -0.1) is 0 Å². The fourth-order valence-electron chi connectivity index (χ4n) is 1.30. The van der Waals surface area contributed by atoms with Crippen LogP contribution in [-0.4, -0.2) is 23.6 Å². The Bertz CT molecular complexity index is 221. The average molecular weight is 229 g/mol. The summed E-state index contributed by atoms with van der Waals surface area (Å²) in [6.45, 7) is 12.0. The van der Waals surface area contributed by atoms with E-state index in [4.69, 9.17) is 10.9 Å². The number of nitrogens with two attached hydrogens (primary N) is 1. The van der Waals surface area contributed by atoms with Crippen LogP contribution in [-0.2, 0) is 0 Å². The van der Waals surface area contributed by atoms with Crippen molar-refractivity contribution >= 4 is 5.84 Å². The highest BCUT2D eigenvalue weighted by atomic mass is 16.4. The summed E-state index contributed by atoms with van der Waals surface area (Å²) >= 11 is 0. The molecule has 96 valence electrons. The van der Waals surface area contributed by atoms with Gasteiger partial charge in [-0.25, -0.2) is 0 Å². The second-order valence-electron chi connectivity index (χ2n) is 5.58. The van der Waals surface area contributed by atoms with Crippen molar-refractivity contribution in [2.24, 2.45) is 22.2 Å². The third kappa shape index (κ3) is 5.95. The van der Waals surface area contributed by atoms with Crippen LogP contribution in [0.15, 0.2) is 5.16 Å². The molecule has 0 fully saturated rings. The molecule has 4 heteroatoms. The lowest BCUT2D eigenvalue weighted by Crippen LogP contribution is -2.38. The van der Waals surface area contributed by atoms with Crippen LogP contribution < -0.4 is 11.1 Å². The number of rotatable bonds is 6. The summed E-state index contributed by atoms with van der Waals surface area (Å²) in [5.41, 5.74) is 5.81. The number of nitrogens with one attached hydrogen (secondary N) is 1. The Hall–Kier alpha value is -0.770. The van der Waals surface area contributed by atoms with E-state index in [2.05, 4.69) is 45.1 Å². The van der Waals surface area contributed by atoms with Gasteiger partial charge in [0.25, 0.3) is 0 Å². The standard InChI is InChI=1S/C12H27N3O/c1-6-10(7-11(13)15-16)14-8-9(2)12(3,4)5/h9-10,14,16H,6-8H2,1-5H3,(H2,13,15). The minimum Gasteiger partial charge on any atom is -0.409 e. The maximum atomic E-state index is 8.52. The third-order valence-electron chi connectivity index (χ3n) is 3.27. The van der Waals surface area contributed by atoms with E-state index in [1.807, 2.05) is 0 Å². The molecule has 0 saturated heterocycles. The van der Waals surface area contributed by atoms with Crippen molar-refractivity contribution in [1.29, 1.82) is 0 Å². The van der Waals surface area contributed by atoms with E-state index in [0.717, 1.165) is 13.0 Å². The summed E-state index contributed by atoms with van der Waals surface area (Å²) in [4.78, 5) is 0. The van der Waals surface area contributed by atoms with Gasteiger partial charge in [-0.05, 0) is 24.3 Å². The van der Waals surface area contributed by atoms with Crippen LogP contribution in [0.1, 0.15) is 47.5 Å². The molecule has 0 heterocycles. The van der Waals surface area contributed by atoms with Crippen LogP contribution in [0.2, 0.25) is 0 Å². The molecule has 0 aliphatic heterocycles. The van der Waals surface area contributed by atoms with E-state index in [1.54, 1.807) is 0 Å². The number of amidine groups is 1. The van der Waals surface area contributed by atoms with E-state index in [-0.39, 0.29) is 0 Å². The van der Waals surface area contributed by atoms with Gasteiger partial charge in [0.1, 0.15) is 5.84 Å². The topological polar surface area (TPSA) is 70.6 Å². The van der Waals surface area contributed by atoms with Crippen LogP contribution in [0.25, 0.3) is 0 Å². The molecular weight excluding hydrogens is 202 g/mol. The maximum absolute atomic E-state index is 8.52. The summed E-state index contributed by atoms with van der Waals surface area (Å²) in [5, 5.41) is 15.0. The quantitative estimate of drug-likeness (QED) is 0.283. The lowest BCUT2D eigenvalue weighted by atomic mass is 9.82. The van der Waals surface area contributed by atoms with Crippen molar-refractivity contribution in [2.75, 3.05) is 6.54 Å². The van der Waals surface area contributed by atoms with Crippen molar-refractivity contribution < 1.29 is 5.21 Å². The van der Waals surface area contributed by atoms with E-state index < -0.39 is 0 Å². The number of hydrogen-bond acceptors (Lipinski definition) is 3. The third-order valence-corrected chi connectivity index (χ3v) is 3.27. The number of hydrogen-bond donors (Lipinski definition) is 3. The van der Waals surface area contributed by atoms with E-state index in [0.29, 0.717) is 29.6 Å². The van der Waals surface area contributed by atoms with Crippen molar-refractivity contribution in [1.82, 2.24) is 5.32 Å². The maximum Gasteiger partial charge on any atom is 0.140 e. The van der Waals surface area contributed by atoms with Crippen LogP contribution >= 0.6 is 0 Å². The molecule has 4 N–H and O–H groups in total. The molecule has 0 bridgehead atoms. The second kappa shape index (κ2) is 6.74. The fraction of sp³-hybridized carbons (Fsp3) is 0.917. The molecule has 0 rings (SSSR count). The molecule has 0 amide bonds. The Balaban J connectivity index is 4.06. The number of oxime groups is 1. The Morgan fingerprint density at radius 1 is 1.44 bits per heavy atom. The lowest BCUT2D eigenvalue weighted by Gasteiger charge is -2.29. The van der Waals surface area contributed by atoms with E-state index >= 15 is 0 Å². The second-order valence-corrected chi connectivity index (χ2v) is 5.58. The van der Waals surface area contributed by atoms with E-state index in [1.165, 1.54) is 0 Å². The van der Waals surface area contributed by atoms with Crippen molar-refractivity contribution in [3.8, 4) is 0 Å². The summed E-state index contributed by atoms with van der Waals surface area (Å²) < 4.78 is 0. The van der Waals surface area contributed by atoms with Gasteiger partial charge in [-0.3, -0.25) is 0 Å². The number of nitrogens with zero attached hydrogens (tertiary/aromatic N) is 1. The Morgan fingerprint density at radius 3 is 2.38 bits per heavy atom. The molecule has 0 aliphatic carbocycles. The lowest BCUT2D eigenvalue weighted by molar-refractivity contribution is 0.244. The van der Waals surface area contributed by atoms with Gasteiger partial charge < -0.3 is 16.3 Å². The normalized spacial score (nSPS) is 17.2. The SMILES string of the molecule is CCC(CC(N)=NO)NCC(C)C(C)(C)C. The predicted molar refractivity (Wildman–Crippen MR) is 68.7 cm³/mol. The Morgan fingerprint density at radius 2 is 2.00 bits per heavy atom. The highest BCUT2D eigenvalue weighted by Crippen LogP contribution is 2.24. The van der Waals surface area contributed by atoms with Crippen LogP contribution in [0, 0.1) is 11.3 Å². The Kier molecular flexibility index (Phi) is 6.41. The van der Waals surface area contributed by atoms with Gasteiger partial charge in [0, 0.05) is 12.5 Å². The molecular formula is C12H27N3O. The fourth-order valence-corrected chi connectivity index (χ4v) is 1.30. The zero-order valence-corrected chi connectivity index (χ0v) is 11.2. The van der Waals surface area contributed by atoms with Gasteiger partial charge in [0.05, 0.1) is 0 Å². The molecule has 0 aromatic heterocycles. The highest BCUT2D eigenvalue weighted by molar-refractivity contribution is 5.80. The first-order valence-electron chi connectivity index (χ1n) is 6.01. The summed E-state index contributed by atoms with van der Waals surface area (Å²) in [6.07, 6.45) is 1.58. The first-order valence-corrected chi connectivity index (χ1v) is 6.01. The van der Waals surface area contributed by atoms with Gasteiger partial charge in [0.2, 0.25) is 0 Å².